The Hall–Kier alpha value is -2.21. The molecule has 0 unspecified atom stereocenters. The van der Waals surface area contributed by atoms with Crippen molar-refractivity contribution in [2.75, 3.05) is 11.9 Å². The number of anilines is 1. The minimum Gasteiger partial charge on any atom is -0.337 e. The number of hydrogen-bond acceptors (Lipinski definition) is 4. The standard InChI is InChI=1S/C17H20ClN5O/c1-11-12-5-2-3-6-13(12)22-15(21-11)8-10-20-17(24)23-14-7-4-9-19-16(14)18/h4,7,9H,2-3,5-6,8,10H2,1H3,(H2,20,23,24). The van der Waals surface area contributed by atoms with E-state index in [1.54, 1.807) is 18.3 Å². The van der Waals surface area contributed by atoms with Crippen molar-refractivity contribution in [2.24, 2.45) is 0 Å². The molecule has 1 aliphatic carbocycles. The van der Waals surface area contributed by atoms with Crippen LogP contribution in [0.15, 0.2) is 18.3 Å². The summed E-state index contributed by atoms with van der Waals surface area (Å²) in [5.74, 6) is 0.785. The fourth-order valence-corrected chi connectivity index (χ4v) is 3.06. The van der Waals surface area contributed by atoms with Gasteiger partial charge in [-0.2, -0.15) is 0 Å². The molecule has 0 bridgehead atoms. The number of carbonyl (C=O) groups excluding carboxylic acids is 1. The molecule has 1 aliphatic rings. The van der Waals surface area contributed by atoms with Crippen molar-refractivity contribution < 1.29 is 4.79 Å². The third kappa shape index (κ3) is 4.00. The number of fused-ring (bicyclic) bond motifs is 1. The second-order valence-corrected chi connectivity index (χ2v) is 6.19. The van der Waals surface area contributed by atoms with Crippen molar-refractivity contribution in [2.45, 2.75) is 39.0 Å². The predicted octanol–water partition coefficient (Wildman–Crippen LogP) is 3.08. The molecule has 24 heavy (non-hydrogen) atoms. The highest BCUT2D eigenvalue weighted by Gasteiger charge is 2.15. The van der Waals surface area contributed by atoms with E-state index in [1.807, 2.05) is 6.92 Å². The van der Waals surface area contributed by atoms with Crippen LogP contribution in [-0.2, 0) is 19.3 Å². The fourth-order valence-electron chi connectivity index (χ4n) is 2.89. The summed E-state index contributed by atoms with van der Waals surface area (Å²) in [7, 11) is 0. The number of urea groups is 1. The molecule has 0 fully saturated rings. The van der Waals surface area contributed by atoms with Gasteiger partial charge in [0.1, 0.15) is 5.82 Å². The van der Waals surface area contributed by atoms with Crippen LogP contribution in [-0.4, -0.2) is 27.5 Å². The Kier molecular flexibility index (Phi) is 5.25. The molecule has 2 amide bonds. The number of rotatable bonds is 4. The maximum atomic E-state index is 11.9. The molecule has 2 aromatic rings. The lowest BCUT2D eigenvalue weighted by molar-refractivity contribution is 0.252. The second kappa shape index (κ2) is 7.57. The largest absolute Gasteiger partial charge is 0.337 e. The number of carbonyl (C=O) groups is 1. The first kappa shape index (κ1) is 16.6. The molecule has 7 heteroatoms. The lowest BCUT2D eigenvalue weighted by Crippen LogP contribution is -2.31. The summed E-state index contributed by atoms with van der Waals surface area (Å²) in [6.45, 7) is 2.50. The average Bonchev–Trinajstić information content (AvgIpc) is 2.57. The molecule has 0 atom stereocenters. The van der Waals surface area contributed by atoms with Crippen molar-refractivity contribution in [3.8, 4) is 0 Å². The van der Waals surface area contributed by atoms with Gasteiger partial charge in [0, 0.05) is 30.6 Å². The topological polar surface area (TPSA) is 79.8 Å². The molecular formula is C17H20ClN5O. The average molecular weight is 346 g/mol. The van der Waals surface area contributed by atoms with Gasteiger partial charge in [-0.15, -0.1) is 0 Å². The smallest absolute Gasteiger partial charge is 0.319 e. The van der Waals surface area contributed by atoms with E-state index >= 15 is 0 Å². The van der Waals surface area contributed by atoms with Gasteiger partial charge in [0.05, 0.1) is 5.69 Å². The van der Waals surface area contributed by atoms with Gasteiger partial charge in [0.2, 0.25) is 0 Å². The molecule has 0 spiro atoms. The SMILES string of the molecule is Cc1nc(CCNC(=O)Nc2cccnc2Cl)nc2c1CCCC2. The molecule has 3 rings (SSSR count). The summed E-state index contributed by atoms with van der Waals surface area (Å²) in [5, 5.41) is 5.73. The molecule has 0 aliphatic heterocycles. The Balaban J connectivity index is 1.54. The Morgan fingerprint density at radius 3 is 2.96 bits per heavy atom. The molecule has 2 aromatic heterocycles. The molecule has 126 valence electrons. The van der Waals surface area contributed by atoms with Gasteiger partial charge in [-0.25, -0.2) is 19.7 Å². The van der Waals surface area contributed by atoms with E-state index in [1.165, 1.54) is 24.1 Å². The monoisotopic (exact) mass is 345 g/mol. The van der Waals surface area contributed by atoms with Crippen LogP contribution in [0.4, 0.5) is 10.5 Å². The van der Waals surface area contributed by atoms with Gasteiger partial charge < -0.3 is 10.6 Å². The predicted molar refractivity (Wildman–Crippen MR) is 93.4 cm³/mol. The minimum absolute atomic E-state index is 0.265. The Morgan fingerprint density at radius 1 is 1.29 bits per heavy atom. The molecule has 2 heterocycles. The lowest BCUT2D eigenvalue weighted by atomic mass is 9.95. The van der Waals surface area contributed by atoms with Gasteiger partial charge in [-0.3, -0.25) is 0 Å². The second-order valence-electron chi connectivity index (χ2n) is 5.83. The fraction of sp³-hybridized carbons (Fsp3) is 0.412. The number of pyridine rings is 1. The minimum atomic E-state index is -0.320. The van der Waals surface area contributed by atoms with Crippen LogP contribution in [0, 0.1) is 6.92 Å². The van der Waals surface area contributed by atoms with E-state index in [4.69, 9.17) is 11.6 Å². The molecule has 6 nitrogen and oxygen atoms in total. The Bertz CT molecular complexity index is 750. The first-order valence-electron chi connectivity index (χ1n) is 8.14. The van der Waals surface area contributed by atoms with E-state index in [0.29, 0.717) is 18.7 Å². The van der Waals surface area contributed by atoms with Crippen LogP contribution in [0.5, 0.6) is 0 Å². The summed E-state index contributed by atoms with van der Waals surface area (Å²) in [6, 6.07) is 3.09. The number of halogens is 1. The van der Waals surface area contributed by atoms with Crippen LogP contribution in [0.3, 0.4) is 0 Å². The van der Waals surface area contributed by atoms with E-state index in [2.05, 4.69) is 25.6 Å². The number of hydrogen-bond donors (Lipinski definition) is 2. The van der Waals surface area contributed by atoms with E-state index in [9.17, 15) is 4.79 Å². The zero-order chi connectivity index (χ0) is 16.9. The number of amides is 2. The van der Waals surface area contributed by atoms with Gasteiger partial charge in [-0.1, -0.05) is 11.6 Å². The first-order valence-corrected chi connectivity index (χ1v) is 8.52. The summed E-state index contributed by atoms with van der Waals surface area (Å²) in [5.41, 5.74) is 4.04. The summed E-state index contributed by atoms with van der Waals surface area (Å²) in [4.78, 5) is 25.0. The molecular weight excluding hydrogens is 326 g/mol. The maximum Gasteiger partial charge on any atom is 0.319 e. The highest BCUT2D eigenvalue weighted by atomic mass is 35.5. The van der Waals surface area contributed by atoms with E-state index < -0.39 is 0 Å². The third-order valence-electron chi connectivity index (χ3n) is 4.08. The zero-order valence-electron chi connectivity index (χ0n) is 13.6. The number of aryl methyl sites for hydroxylation is 2. The Morgan fingerprint density at radius 2 is 2.12 bits per heavy atom. The van der Waals surface area contributed by atoms with Crippen molar-refractivity contribution in [3.05, 3.63) is 46.3 Å². The van der Waals surface area contributed by atoms with E-state index in [0.717, 1.165) is 24.4 Å². The zero-order valence-corrected chi connectivity index (χ0v) is 14.4. The third-order valence-corrected chi connectivity index (χ3v) is 4.38. The number of nitrogens with zero attached hydrogens (tertiary/aromatic N) is 3. The molecule has 0 aromatic carbocycles. The summed E-state index contributed by atoms with van der Waals surface area (Å²) in [6.07, 6.45) is 6.68. The van der Waals surface area contributed by atoms with Crippen LogP contribution < -0.4 is 10.6 Å². The molecule has 0 saturated carbocycles. The van der Waals surface area contributed by atoms with Gasteiger partial charge in [0.15, 0.2) is 5.15 Å². The van der Waals surface area contributed by atoms with Crippen LogP contribution in [0.2, 0.25) is 5.15 Å². The van der Waals surface area contributed by atoms with Crippen LogP contribution in [0.1, 0.15) is 35.6 Å². The molecule has 2 N–H and O–H groups in total. The van der Waals surface area contributed by atoms with Gasteiger partial charge in [-0.05, 0) is 50.3 Å². The number of aromatic nitrogens is 3. The van der Waals surface area contributed by atoms with Crippen LogP contribution >= 0.6 is 11.6 Å². The van der Waals surface area contributed by atoms with Crippen molar-refractivity contribution in [1.82, 2.24) is 20.3 Å². The molecule has 0 radical (unpaired) electrons. The lowest BCUT2D eigenvalue weighted by Gasteiger charge is -2.17. The first-order chi connectivity index (χ1) is 11.6. The normalized spacial score (nSPS) is 13.2. The van der Waals surface area contributed by atoms with Crippen molar-refractivity contribution >= 4 is 23.3 Å². The van der Waals surface area contributed by atoms with Crippen molar-refractivity contribution in [1.29, 1.82) is 0 Å². The van der Waals surface area contributed by atoms with Gasteiger partial charge in [0.25, 0.3) is 0 Å². The number of nitrogens with one attached hydrogen (secondary N) is 2. The molecule has 0 saturated heterocycles. The Labute approximate surface area is 146 Å². The van der Waals surface area contributed by atoms with Gasteiger partial charge >= 0.3 is 6.03 Å². The summed E-state index contributed by atoms with van der Waals surface area (Å²) < 4.78 is 0. The summed E-state index contributed by atoms with van der Waals surface area (Å²) >= 11 is 5.91. The quantitative estimate of drug-likeness (QED) is 0.834. The highest BCUT2D eigenvalue weighted by Crippen LogP contribution is 2.21. The van der Waals surface area contributed by atoms with E-state index in [-0.39, 0.29) is 11.2 Å². The highest BCUT2D eigenvalue weighted by molar-refractivity contribution is 6.32. The van der Waals surface area contributed by atoms with Crippen molar-refractivity contribution in [3.63, 3.8) is 0 Å². The van der Waals surface area contributed by atoms with Crippen LogP contribution in [0.25, 0.3) is 0 Å². The maximum absolute atomic E-state index is 11.9.